The summed E-state index contributed by atoms with van der Waals surface area (Å²) in [6, 6.07) is 21.8. The lowest BCUT2D eigenvalue weighted by Crippen LogP contribution is -2.35. The Hall–Kier alpha value is -2.11. The van der Waals surface area contributed by atoms with Gasteiger partial charge in [0.15, 0.2) is 0 Å². The monoisotopic (exact) mass is 265 g/mol. The van der Waals surface area contributed by atoms with Crippen LogP contribution in [0.25, 0.3) is 0 Å². The number of hydrogen-bond donors (Lipinski definition) is 1. The van der Waals surface area contributed by atoms with Gasteiger partial charge in [0.2, 0.25) is 0 Å². The van der Waals surface area contributed by atoms with Gasteiger partial charge in [0.05, 0.1) is 12.2 Å². The SMILES string of the molecule is CC(C#N)(c1ccccc1)C(O)CCc1ccccc1. The fraction of sp³-hybridized carbons (Fsp3) is 0.278. The van der Waals surface area contributed by atoms with Gasteiger partial charge in [0, 0.05) is 0 Å². The molecule has 0 spiro atoms. The summed E-state index contributed by atoms with van der Waals surface area (Å²) in [6.07, 6.45) is 0.657. The van der Waals surface area contributed by atoms with Crippen molar-refractivity contribution >= 4 is 0 Å². The second-order valence-electron chi connectivity index (χ2n) is 5.22. The number of hydrogen-bond acceptors (Lipinski definition) is 2. The Bertz CT molecular complexity index is 573. The Morgan fingerprint density at radius 1 is 1.05 bits per heavy atom. The Morgan fingerprint density at radius 3 is 2.15 bits per heavy atom. The molecule has 2 aromatic rings. The highest BCUT2D eigenvalue weighted by atomic mass is 16.3. The van der Waals surface area contributed by atoms with Crippen LogP contribution < -0.4 is 0 Å². The molecule has 102 valence electrons. The molecule has 2 heteroatoms. The van der Waals surface area contributed by atoms with Gasteiger partial charge in [0.1, 0.15) is 5.41 Å². The van der Waals surface area contributed by atoms with Crippen LogP contribution >= 0.6 is 0 Å². The Morgan fingerprint density at radius 2 is 1.60 bits per heavy atom. The van der Waals surface area contributed by atoms with Crippen molar-refractivity contribution in [2.75, 3.05) is 0 Å². The molecule has 0 aliphatic rings. The molecular weight excluding hydrogens is 246 g/mol. The van der Waals surface area contributed by atoms with Gasteiger partial charge in [-0.25, -0.2) is 0 Å². The van der Waals surface area contributed by atoms with E-state index in [0.717, 1.165) is 12.0 Å². The third kappa shape index (κ3) is 3.07. The van der Waals surface area contributed by atoms with E-state index in [9.17, 15) is 10.4 Å². The van der Waals surface area contributed by atoms with Crippen LogP contribution in [-0.2, 0) is 11.8 Å². The highest BCUT2D eigenvalue weighted by Crippen LogP contribution is 2.29. The quantitative estimate of drug-likeness (QED) is 0.899. The molecule has 2 atom stereocenters. The number of rotatable bonds is 5. The van der Waals surface area contributed by atoms with Crippen LogP contribution in [0.5, 0.6) is 0 Å². The molecule has 0 saturated carbocycles. The highest BCUT2D eigenvalue weighted by Gasteiger charge is 2.34. The second kappa shape index (κ2) is 6.36. The summed E-state index contributed by atoms with van der Waals surface area (Å²) in [5.74, 6) is 0. The maximum Gasteiger partial charge on any atom is 0.105 e. The Labute approximate surface area is 120 Å². The summed E-state index contributed by atoms with van der Waals surface area (Å²) in [5.41, 5.74) is 1.18. The highest BCUT2D eigenvalue weighted by molar-refractivity contribution is 5.33. The van der Waals surface area contributed by atoms with Crippen LogP contribution in [0.3, 0.4) is 0 Å². The van der Waals surface area contributed by atoms with Gasteiger partial charge in [0.25, 0.3) is 0 Å². The lowest BCUT2D eigenvalue weighted by molar-refractivity contribution is 0.110. The molecule has 0 radical (unpaired) electrons. The summed E-state index contributed by atoms with van der Waals surface area (Å²) in [7, 11) is 0. The summed E-state index contributed by atoms with van der Waals surface area (Å²) in [5, 5.41) is 20.0. The van der Waals surface area contributed by atoms with E-state index >= 15 is 0 Å². The zero-order valence-electron chi connectivity index (χ0n) is 11.7. The van der Waals surface area contributed by atoms with E-state index in [1.165, 1.54) is 5.56 Å². The predicted molar refractivity (Wildman–Crippen MR) is 80.2 cm³/mol. The average Bonchev–Trinajstić information content (AvgIpc) is 2.53. The third-order valence-corrected chi connectivity index (χ3v) is 3.82. The first-order valence-electron chi connectivity index (χ1n) is 6.85. The molecule has 2 aromatic carbocycles. The molecule has 0 heterocycles. The summed E-state index contributed by atoms with van der Waals surface area (Å²) in [4.78, 5) is 0. The van der Waals surface area contributed by atoms with Gasteiger partial charge in [-0.1, -0.05) is 60.7 Å². The van der Waals surface area contributed by atoms with Crippen molar-refractivity contribution in [3.63, 3.8) is 0 Å². The maximum atomic E-state index is 10.5. The van der Waals surface area contributed by atoms with E-state index in [-0.39, 0.29) is 0 Å². The van der Waals surface area contributed by atoms with Gasteiger partial charge in [-0.3, -0.25) is 0 Å². The maximum absolute atomic E-state index is 10.5. The first kappa shape index (κ1) is 14.3. The zero-order chi connectivity index (χ0) is 14.4. The molecule has 0 amide bonds. The van der Waals surface area contributed by atoms with Gasteiger partial charge in [-0.15, -0.1) is 0 Å². The van der Waals surface area contributed by atoms with Crippen LogP contribution in [0.1, 0.15) is 24.5 Å². The first-order valence-corrected chi connectivity index (χ1v) is 6.85. The van der Waals surface area contributed by atoms with Crippen molar-refractivity contribution in [1.29, 1.82) is 5.26 Å². The Balaban J connectivity index is 2.10. The number of aryl methyl sites for hydroxylation is 1. The minimum atomic E-state index is -0.865. The molecule has 0 aromatic heterocycles. The molecule has 2 rings (SSSR count). The number of aliphatic hydroxyl groups excluding tert-OH is 1. The van der Waals surface area contributed by atoms with Crippen LogP contribution in [0.15, 0.2) is 60.7 Å². The van der Waals surface area contributed by atoms with Crippen LogP contribution in [0.4, 0.5) is 0 Å². The molecule has 2 unspecified atom stereocenters. The lowest BCUT2D eigenvalue weighted by atomic mass is 9.77. The zero-order valence-corrected chi connectivity index (χ0v) is 11.7. The van der Waals surface area contributed by atoms with E-state index < -0.39 is 11.5 Å². The van der Waals surface area contributed by atoms with Crippen molar-refractivity contribution < 1.29 is 5.11 Å². The number of nitriles is 1. The van der Waals surface area contributed by atoms with Crippen molar-refractivity contribution in [2.45, 2.75) is 31.3 Å². The molecular formula is C18H19NO. The summed E-state index contributed by atoms with van der Waals surface area (Å²) in [6.45, 7) is 1.80. The molecule has 0 saturated heterocycles. The minimum absolute atomic E-state index is 0.572. The molecule has 0 aliphatic carbocycles. The van der Waals surface area contributed by atoms with Gasteiger partial charge < -0.3 is 5.11 Å². The molecule has 0 fully saturated rings. The molecule has 20 heavy (non-hydrogen) atoms. The standard InChI is InChI=1S/C18H19NO/c1-18(14-19,16-10-6-3-7-11-16)17(20)13-12-15-8-4-2-5-9-15/h2-11,17,20H,12-13H2,1H3. The van der Waals surface area contributed by atoms with Crippen LogP contribution in [-0.4, -0.2) is 11.2 Å². The number of benzene rings is 2. The van der Waals surface area contributed by atoms with E-state index in [0.29, 0.717) is 6.42 Å². The molecule has 1 N–H and O–H groups in total. The fourth-order valence-corrected chi connectivity index (χ4v) is 2.35. The van der Waals surface area contributed by atoms with E-state index in [4.69, 9.17) is 0 Å². The van der Waals surface area contributed by atoms with Crippen molar-refractivity contribution in [3.8, 4) is 6.07 Å². The smallest absolute Gasteiger partial charge is 0.105 e. The predicted octanol–water partition coefficient (Wildman–Crippen LogP) is 3.46. The Kier molecular flexibility index (Phi) is 4.55. The summed E-state index contributed by atoms with van der Waals surface area (Å²) >= 11 is 0. The molecule has 2 nitrogen and oxygen atoms in total. The van der Waals surface area contributed by atoms with Crippen LogP contribution in [0, 0.1) is 11.3 Å². The molecule has 0 aliphatic heterocycles. The first-order chi connectivity index (χ1) is 9.66. The third-order valence-electron chi connectivity index (χ3n) is 3.82. The largest absolute Gasteiger partial charge is 0.391 e. The topological polar surface area (TPSA) is 44.0 Å². The van der Waals surface area contributed by atoms with Gasteiger partial charge in [-0.2, -0.15) is 5.26 Å². The fourth-order valence-electron chi connectivity index (χ4n) is 2.35. The van der Waals surface area contributed by atoms with E-state index in [1.807, 2.05) is 60.7 Å². The van der Waals surface area contributed by atoms with Crippen molar-refractivity contribution in [1.82, 2.24) is 0 Å². The van der Waals surface area contributed by atoms with Crippen molar-refractivity contribution in [3.05, 3.63) is 71.8 Å². The van der Waals surface area contributed by atoms with E-state index in [1.54, 1.807) is 6.92 Å². The normalized spacial score (nSPS) is 15.1. The molecule has 0 bridgehead atoms. The van der Waals surface area contributed by atoms with Crippen molar-refractivity contribution in [2.24, 2.45) is 0 Å². The second-order valence-corrected chi connectivity index (χ2v) is 5.22. The average molecular weight is 265 g/mol. The minimum Gasteiger partial charge on any atom is -0.391 e. The van der Waals surface area contributed by atoms with Gasteiger partial charge >= 0.3 is 0 Å². The number of nitrogens with zero attached hydrogens (tertiary/aromatic N) is 1. The van der Waals surface area contributed by atoms with Gasteiger partial charge in [-0.05, 0) is 30.9 Å². The number of aliphatic hydroxyl groups is 1. The lowest BCUT2D eigenvalue weighted by Gasteiger charge is -2.28. The van der Waals surface area contributed by atoms with Crippen LogP contribution in [0.2, 0.25) is 0 Å². The summed E-state index contributed by atoms with van der Waals surface area (Å²) < 4.78 is 0. The van der Waals surface area contributed by atoms with E-state index in [2.05, 4.69) is 6.07 Å².